The van der Waals surface area contributed by atoms with E-state index in [2.05, 4.69) is 20.6 Å². The fourth-order valence-corrected chi connectivity index (χ4v) is 2.37. The van der Waals surface area contributed by atoms with Crippen molar-refractivity contribution >= 4 is 17.4 Å². The summed E-state index contributed by atoms with van der Waals surface area (Å²) in [7, 11) is 0. The summed E-state index contributed by atoms with van der Waals surface area (Å²) >= 11 is 0. The summed E-state index contributed by atoms with van der Waals surface area (Å²) in [6.07, 6.45) is -1.69. The molecule has 0 radical (unpaired) electrons. The first-order valence-corrected chi connectivity index (χ1v) is 8.41. The van der Waals surface area contributed by atoms with Crippen LogP contribution >= 0.6 is 0 Å². The lowest BCUT2D eigenvalue weighted by Crippen LogP contribution is -2.15. The zero-order valence-corrected chi connectivity index (χ0v) is 14.9. The summed E-state index contributed by atoms with van der Waals surface area (Å²) in [5.74, 6) is -0.0519. The number of aryl methyl sites for hydroxylation is 1. The van der Waals surface area contributed by atoms with Gasteiger partial charge in [0.15, 0.2) is 0 Å². The van der Waals surface area contributed by atoms with Gasteiger partial charge in [-0.15, -0.1) is 0 Å². The van der Waals surface area contributed by atoms with Gasteiger partial charge in [-0.2, -0.15) is 13.2 Å². The van der Waals surface area contributed by atoms with Gasteiger partial charge in [0.05, 0.1) is 18.0 Å². The van der Waals surface area contributed by atoms with Crippen molar-refractivity contribution in [3.63, 3.8) is 0 Å². The largest absolute Gasteiger partial charge is 0.416 e. The molecule has 3 rings (SSSR count). The fraction of sp³-hybridized carbons (Fsp3) is 0.150. The van der Waals surface area contributed by atoms with E-state index in [0.717, 1.165) is 17.7 Å². The van der Waals surface area contributed by atoms with Crippen LogP contribution in [0.5, 0.6) is 0 Å². The number of rotatable bonds is 5. The molecular formula is C20H17F3N4O. The molecule has 5 nitrogen and oxygen atoms in total. The van der Waals surface area contributed by atoms with Crippen molar-refractivity contribution in [2.75, 3.05) is 10.6 Å². The van der Waals surface area contributed by atoms with Crippen molar-refractivity contribution in [2.24, 2.45) is 0 Å². The molecule has 0 aliphatic heterocycles. The second-order valence-corrected chi connectivity index (χ2v) is 6.16. The van der Waals surface area contributed by atoms with Gasteiger partial charge in [-0.25, -0.2) is 9.97 Å². The average molecular weight is 386 g/mol. The number of benzene rings is 2. The molecule has 28 heavy (non-hydrogen) atoms. The molecule has 0 fully saturated rings. The highest BCUT2D eigenvalue weighted by Crippen LogP contribution is 2.29. The highest BCUT2D eigenvalue weighted by atomic mass is 19.4. The maximum atomic E-state index is 12.6. The van der Waals surface area contributed by atoms with Gasteiger partial charge in [0.1, 0.15) is 11.5 Å². The van der Waals surface area contributed by atoms with Crippen LogP contribution in [-0.2, 0) is 12.7 Å². The molecular weight excluding hydrogens is 369 g/mol. The lowest BCUT2D eigenvalue weighted by atomic mass is 10.1. The number of nitrogens with one attached hydrogen (secondary N) is 2. The number of aromatic nitrogens is 2. The van der Waals surface area contributed by atoms with Crippen molar-refractivity contribution in [1.29, 1.82) is 0 Å². The predicted octanol–water partition coefficient (Wildman–Crippen LogP) is 4.67. The smallest absolute Gasteiger partial charge is 0.365 e. The van der Waals surface area contributed by atoms with Crippen LogP contribution in [-0.4, -0.2) is 15.9 Å². The number of amides is 1. The van der Waals surface area contributed by atoms with Gasteiger partial charge < -0.3 is 10.6 Å². The fourth-order valence-electron chi connectivity index (χ4n) is 2.37. The molecule has 0 saturated carbocycles. The Hall–Kier alpha value is -3.42. The Labute approximate surface area is 159 Å². The molecule has 0 saturated heterocycles. The van der Waals surface area contributed by atoms with E-state index in [1.165, 1.54) is 30.1 Å². The number of hydrogen-bond acceptors (Lipinski definition) is 4. The minimum atomic E-state index is -4.42. The lowest BCUT2D eigenvalue weighted by Gasteiger charge is -2.09. The number of carbonyl (C=O) groups excluding carboxylic acids is 1. The predicted molar refractivity (Wildman–Crippen MR) is 99.9 cm³/mol. The number of alkyl halides is 3. The molecule has 0 unspecified atom stereocenters. The molecule has 144 valence electrons. The third kappa shape index (κ3) is 5.06. The van der Waals surface area contributed by atoms with E-state index < -0.39 is 17.6 Å². The van der Waals surface area contributed by atoms with Crippen molar-refractivity contribution in [1.82, 2.24) is 9.97 Å². The summed E-state index contributed by atoms with van der Waals surface area (Å²) in [4.78, 5) is 20.3. The molecule has 0 bridgehead atoms. The Balaban J connectivity index is 1.58. The summed E-state index contributed by atoms with van der Waals surface area (Å²) in [6.45, 7) is 2.57. The summed E-state index contributed by atoms with van der Waals surface area (Å²) < 4.78 is 37.7. The van der Waals surface area contributed by atoms with Gasteiger partial charge >= 0.3 is 6.18 Å². The molecule has 1 amide bonds. The Kier molecular flexibility index (Phi) is 5.58. The van der Waals surface area contributed by atoms with Crippen LogP contribution in [0.15, 0.2) is 60.9 Å². The van der Waals surface area contributed by atoms with E-state index >= 15 is 0 Å². The van der Waals surface area contributed by atoms with E-state index in [1.54, 1.807) is 0 Å². The normalized spacial score (nSPS) is 11.1. The van der Waals surface area contributed by atoms with Crippen molar-refractivity contribution in [2.45, 2.75) is 19.6 Å². The number of anilines is 2. The van der Waals surface area contributed by atoms with Crippen LogP contribution in [0, 0.1) is 6.92 Å². The molecule has 0 spiro atoms. The molecule has 0 aliphatic rings. The number of nitrogens with zero attached hydrogens (tertiary/aromatic N) is 2. The van der Waals surface area contributed by atoms with Crippen LogP contribution in [0.4, 0.5) is 24.7 Å². The molecule has 2 N–H and O–H groups in total. The molecule has 1 aromatic heterocycles. The monoisotopic (exact) mass is 386 g/mol. The van der Waals surface area contributed by atoms with Gasteiger partial charge in [0.2, 0.25) is 0 Å². The number of hydrogen-bond donors (Lipinski definition) is 2. The Morgan fingerprint density at radius 2 is 1.64 bits per heavy atom. The van der Waals surface area contributed by atoms with Crippen LogP contribution < -0.4 is 10.6 Å². The topological polar surface area (TPSA) is 66.9 Å². The first-order valence-electron chi connectivity index (χ1n) is 8.41. The molecule has 8 heteroatoms. The van der Waals surface area contributed by atoms with Crippen LogP contribution in [0.2, 0.25) is 0 Å². The van der Waals surface area contributed by atoms with Crippen molar-refractivity contribution < 1.29 is 18.0 Å². The second kappa shape index (κ2) is 8.08. The minimum absolute atomic E-state index is 0.0563. The third-order valence-corrected chi connectivity index (χ3v) is 3.95. The summed E-state index contributed by atoms with van der Waals surface area (Å²) in [6, 6.07) is 12.2. The Bertz CT molecular complexity index is 937. The Morgan fingerprint density at radius 3 is 2.21 bits per heavy atom. The molecule has 3 aromatic rings. The van der Waals surface area contributed by atoms with Gasteiger partial charge in [0, 0.05) is 12.2 Å². The van der Waals surface area contributed by atoms with Gasteiger partial charge in [-0.3, -0.25) is 4.79 Å². The van der Waals surface area contributed by atoms with E-state index in [9.17, 15) is 18.0 Å². The highest BCUT2D eigenvalue weighted by Gasteiger charge is 2.30. The van der Waals surface area contributed by atoms with E-state index in [1.807, 2.05) is 31.2 Å². The molecule has 2 aromatic carbocycles. The maximum absolute atomic E-state index is 12.6. The molecule has 0 atom stereocenters. The molecule has 0 aliphatic carbocycles. The second-order valence-electron chi connectivity index (χ2n) is 6.16. The van der Waals surface area contributed by atoms with Crippen molar-refractivity contribution in [3.05, 3.63) is 83.3 Å². The van der Waals surface area contributed by atoms with Crippen molar-refractivity contribution in [3.8, 4) is 0 Å². The SMILES string of the molecule is Cc1ccc(CNc2cnc(C(=O)Nc3ccc(C(F)(F)F)cc3)cn2)cc1. The van der Waals surface area contributed by atoms with Gasteiger partial charge in [-0.05, 0) is 36.8 Å². The quantitative estimate of drug-likeness (QED) is 0.669. The van der Waals surface area contributed by atoms with Crippen LogP contribution in [0.1, 0.15) is 27.2 Å². The maximum Gasteiger partial charge on any atom is 0.416 e. The van der Waals surface area contributed by atoms with E-state index in [-0.39, 0.29) is 11.4 Å². The van der Waals surface area contributed by atoms with E-state index in [4.69, 9.17) is 0 Å². The van der Waals surface area contributed by atoms with Gasteiger partial charge in [-0.1, -0.05) is 29.8 Å². The standard InChI is InChI=1S/C20H17F3N4O/c1-13-2-4-14(5-3-13)10-25-18-12-24-17(11-26-18)19(28)27-16-8-6-15(7-9-16)20(21,22)23/h2-9,11-12H,10H2,1H3,(H,25,26)(H,27,28). The number of carbonyl (C=O) groups is 1. The van der Waals surface area contributed by atoms with E-state index in [0.29, 0.717) is 12.4 Å². The van der Waals surface area contributed by atoms with Gasteiger partial charge in [0.25, 0.3) is 5.91 Å². The first-order chi connectivity index (χ1) is 13.3. The van der Waals surface area contributed by atoms with Crippen LogP contribution in [0.3, 0.4) is 0 Å². The summed E-state index contributed by atoms with van der Waals surface area (Å²) in [5.41, 5.74) is 1.76. The zero-order chi connectivity index (χ0) is 20.1. The first kappa shape index (κ1) is 19.3. The minimum Gasteiger partial charge on any atom is -0.365 e. The number of halogens is 3. The van der Waals surface area contributed by atoms with Crippen LogP contribution in [0.25, 0.3) is 0 Å². The zero-order valence-electron chi connectivity index (χ0n) is 14.9. The lowest BCUT2D eigenvalue weighted by molar-refractivity contribution is -0.137. The third-order valence-electron chi connectivity index (χ3n) is 3.95. The highest BCUT2D eigenvalue weighted by molar-refractivity contribution is 6.02. The Morgan fingerprint density at radius 1 is 0.964 bits per heavy atom. The average Bonchev–Trinajstić information content (AvgIpc) is 2.67. The molecule has 1 heterocycles. The summed E-state index contributed by atoms with van der Waals surface area (Å²) in [5, 5.41) is 5.59.